The third kappa shape index (κ3) is 6.25. The Morgan fingerprint density at radius 3 is 2.80 bits per heavy atom. The van der Waals surface area contributed by atoms with E-state index in [2.05, 4.69) is 15.2 Å². The lowest BCUT2D eigenvalue weighted by atomic mass is 10.1. The van der Waals surface area contributed by atoms with Crippen molar-refractivity contribution in [3.63, 3.8) is 0 Å². The number of hydrogen-bond acceptors (Lipinski definition) is 4. The number of aliphatic imine (C=N–C) groups is 1. The van der Waals surface area contributed by atoms with Crippen LogP contribution in [0.3, 0.4) is 0 Å². The third-order valence-electron chi connectivity index (χ3n) is 3.30. The molecular weight excluding hydrogens is 373 g/mol. The van der Waals surface area contributed by atoms with Crippen LogP contribution in [0.25, 0.3) is 0 Å². The minimum atomic E-state index is -0.213. The van der Waals surface area contributed by atoms with Crippen LogP contribution < -0.4 is 5.32 Å². The standard InChI is InChI=1S/C13H25N3O3.HI/c1-10(12(17)18-4)7-15-13(14-2)16(3)8-11-5-6-19-9-11;/h10-11H,5-9H2,1-4H3,(H,14,15);1H. The Kier molecular flexibility index (Phi) is 9.91. The number of halogens is 1. The molecule has 7 heteroatoms. The second kappa shape index (κ2) is 10.2. The minimum Gasteiger partial charge on any atom is -0.469 e. The summed E-state index contributed by atoms with van der Waals surface area (Å²) in [6.45, 7) is 4.93. The maximum absolute atomic E-state index is 11.3. The molecule has 118 valence electrons. The molecular formula is C13H26IN3O3. The molecule has 0 amide bonds. The molecule has 1 aliphatic rings. The van der Waals surface area contributed by atoms with Gasteiger partial charge in [0.2, 0.25) is 0 Å². The van der Waals surface area contributed by atoms with E-state index in [1.807, 2.05) is 14.0 Å². The predicted octanol–water partition coefficient (Wildman–Crippen LogP) is 0.957. The maximum Gasteiger partial charge on any atom is 0.310 e. The van der Waals surface area contributed by atoms with Crippen LogP contribution >= 0.6 is 24.0 Å². The van der Waals surface area contributed by atoms with E-state index in [0.717, 1.165) is 32.1 Å². The van der Waals surface area contributed by atoms with E-state index in [9.17, 15) is 4.79 Å². The van der Waals surface area contributed by atoms with Crippen LogP contribution in [-0.2, 0) is 14.3 Å². The van der Waals surface area contributed by atoms with Crippen LogP contribution in [0.15, 0.2) is 4.99 Å². The predicted molar refractivity (Wildman–Crippen MR) is 89.5 cm³/mol. The summed E-state index contributed by atoms with van der Waals surface area (Å²) in [7, 11) is 5.14. The van der Waals surface area contributed by atoms with Crippen molar-refractivity contribution in [1.82, 2.24) is 10.2 Å². The summed E-state index contributed by atoms with van der Waals surface area (Å²) in [5.41, 5.74) is 0. The van der Waals surface area contributed by atoms with E-state index in [4.69, 9.17) is 9.47 Å². The first-order chi connectivity index (χ1) is 9.08. The Hall–Kier alpha value is -0.570. The summed E-state index contributed by atoms with van der Waals surface area (Å²) in [4.78, 5) is 17.6. The summed E-state index contributed by atoms with van der Waals surface area (Å²) in [6.07, 6.45) is 1.10. The molecule has 0 bridgehead atoms. The van der Waals surface area contributed by atoms with Gasteiger partial charge >= 0.3 is 5.97 Å². The van der Waals surface area contributed by atoms with Gasteiger partial charge in [-0.15, -0.1) is 24.0 Å². The lowest BCUT2D eigenvalue weighted by Gasteiger charge is -2.25. The van der Waals surface area contributed by atoms with Crippen LogP contribution in [0.4, 0.5) is 0 Å². The topological polar surface area (TPSA) is 63.2 Å². The SMILES string of the molecule is CN=C(NCC(C)C(=O)OC)N(C)CC1CCOC1.I. The monoisotopic (exact) mass is 399 g/mol. The van der Waals surface area contributed by atoms with Gasteiger partial charge in [0.15, 0.2) is 5.96 Å². The molecule has 2 unspecified atom stereocenters. The lowest BCUT2D eigenvalue weighted by molar-refractivity contribution is -0.144. The molecule has 0 radical (unpaired) electrons. The van der Waals surface area contributed by atoms with Crippen LogP contribution in [0.1, 0.15) is 13.3 Å². The first-order valence-corrected chi connectivity index (χ1v) is 6.65. The lowest BCUT2D eigenvalue weighted by Crippen LogP contribution is -2.43. The summed E-state index contributed by atoms with van der Waals surface area (Å²) >= 11 is 0. The van der Waals surface area contributed by atoms with Crippen LogP contribution in [0.5, 0.6) is 0 Å². The molecule has 1 rings (SSSR count). The highest BCUT2D eigenvalue weighted by Crippen LogP contribution is 2.13. The number of carbonyl (C=O) groups excluding carboxylic acids is 1. The molecule has 0 spiro atoms. The van der Waals surface area contributed by atoms with Gasteiger partial charge in [-0.05, 0) is 6.42 Å². The highest BCUT2D eigenvalue weighted by atomic mass is 127. The normalized spacial score (nSPS) is 20.0. The molecule has 0 aliphatic carbocycles. The van der Waals surface area contributed by atoms with E-state index in [1.165, 1.54) is 7.11 Å². The van der Waals surface area contributed by atoms with Gasteiger partial charge in [0.25, 0.3) is 0 Å². The van der Waals surface area contributed by atoms with E-state index in [-0.39, 0.29) is 35.9 Å². The summed E-state index contributed by atoms with van der Waals surface area (Å²) in [5, 5.41) is 3.19. The van der Waals surface area contributed by atoms with Crippen molar-refractivity contribution in [1.29, 1.82) is 0 Å². The Labute approximate surface area is 138 Å². The average Bonchev–Trinajstić information content (AvgIpc) is 2.90. The Bertz CT molecular complexity index is 320. The van der Waals surface area contributed by atoms with Gasteiger partial charge in [-0.3, -0.25) is 9.79 Å². The van der Waals surface area contributed by atoms with E-state index in [1.54, 1.807) is 7.05 Å². The molecule has 20 heavy (non-hydrogen) atoms. The van der Waals surface area contributed by atoms with Gasteiger partial charge in [0.1, 0.15) is 0 Å². The first kappa shape index (κ1) is 19.4. The smallest absolute Gasteiger partial charge is 0.310 e. The number of methoxy groups -OCH3 is 1. The molecule has 1 heterocycles. The molecule has 1 fully saturated rings. The van der Waals surface area contributed by atoms with Crippen molar-refractivity contribution in [2.45, 2.75) is 13.3 Å². The molecule has 0 aromatic carbocycles. The van der Waals surface area contributed by atoms with Crippen molar-refractivity contribution in [2.24, 2.45) is 16.8 Å². The molecule has 0 saturated carbocycles. The Balaban J connectivity index is 0.00000361. The minimum absolute atomic E-state index is 0. The number of nitrogens with one attached hydrogen (secondary N) is 1. The fourth-order valence-electron chi connectivity index (χ4n) is 2.11. The van der Waals surface area contributed by atoms with Crippen molar-refractivity contribution in [3.8, 4) is 0 Å². The largest absolute Gasteiger partial charge is 0.469 e. The quantitative estimate of drug-likeness (QED) is 0.323. The van der Waals surface area contributed by atoms with Gasteiger partial charge < -0.3 is 19.7 Å². The zero-order chi connectivity index (χ0) is 14.3. The highest BCUT2D eigenvalue weighted by Gasteiger charge is 2.20. The summed E-state index contributed by atoms with van der Waals surface area (Å²) in [5.74, 6) is 0.948. The molecule has 6 nitrogen and oxygen atoms in total. The second-order valence-corrected chi connectivity index (χ2v) is 4.96. The van der Waals surface area contributed by atoms with Gasteiger partial charge in [-0.2, -0.15) is 0 Å². The van der Waals surface area contributed by atoms with E-state index in [0.29, 0.717) is 12.5 Å². The van der Waals surface area contributed by atoms with Crippen LogP contribution in [-0.4, -0.2) is 64.3 Å². The number of esters is 1. The average molecular weight is 399 g/mol. The second-order valence-electron chi connectivity index (χ2n) is 4.96. The number of guanidine groups is 1. The van der Waals surface area contributed by atoms with Crippen molar-refractivity contribution in [3.05, 3.63) is 0 Å². The van der Waals surface area contributed by atoms with Gasteiger partial charge in [0.05, 0.1) is 19.6 Å². The Morgan fingerprint density at radius 2 is 2.30 bits per heavy atom. The number of ether oxygens (including phenoxy) is 2. The van der Waals surface area contributed by atoms with Crippen LogP contribution in [0.2, 0.25) is 0 Å². The molecule has 1 saturated heterocycles. The number of nitrogens with zero attached hydrogens (tertiary/aromatic N) is 2. The van der Waals surface area contributed by atoms with Crippen LogP contribution in [0, 0.1) is 11.8 Å². The van der Waals surface area contributed by atoms with Gasteiger partial charge in [0, 0.05) is 39.7 Å². The van der Waals surface area contributed by atoms with Gasteiger partial charge in [-0.1, -0.05) is 6.92 Å². The number of carbonyl (C=O) groups is 1. The zero-order valence-corrected chi connectivity index (χ0v) is 15.0. The van der Waals surface area contributed by atoms with E-state index < -0.39 is 0 Å². The fraction of sp³-hybridized carbons (Fsp3) is 0.846. The van der Waals surface area contributed by atoms with Crippen molar-refractivity contribution in [2.75, 3.05) is 47.5 Å². The van der Waals surface area contributed by atoms with Crippen molar-refractivity contribution < 1.29 is 14.3 Å². The summed E-state index contributed by atoms with van der Waals surface area (Å²) in [6, 6.07) is 0. The highest BCUT2D eigenvalue weighted by molar-refractivity contribution is 14.0. The maximum atomic E-state index is 11.3. The van der Waals surface area contributed by atoms with Gasteiger partial charge in [-0.25, -0.2) is 0 Å². The molecule has 1 aliphatic heterocycles. The first-order valence-electron chi connectivity index (χ1n) is 6.65. The Morgan fingerprint density at radius 1 is 1.60 bits per heavy atom. The number of hydrogen-bond donors (Lipinski definition) is 1. The third-order valence-corrected chi connectivity index (χ3v) is 3.30. The van der Waals surface area contributed by atoms with Crippen molar-refractivity contribution >= 4 is 35.9 Å². The molecule has 0 aromatic heterocycles. The fourth-order valence-corrected chi connectivity index (χ4v) is 2.11. The zero-order valence-electron chi connectivity index (χ0n) is 12.7. The molecule has 0 aromatic rings. The summed E-state index contributed by atoms with van der Waals surface area (Å²) < 4.78 is 10.1. The number of rotatable bonds is 5. The molecule has 1 N–H and O–H groups in total. The molecule has 2 atom stereocenters. The van der Waals surface area contributed by atoms with E-state index >= 15 is 0 Å².